The molecule has 0 saturated carbocycles. The lowest BCUT2D eigenvalue weighted by molar-refractivity contribution is -0.116. The van der Waals surface area contributed by atoms with E-state index in [0.29, 0.717) is 11.7 Å². The van der Waals surface area contributed by atoms with E-state index in [1.54, 1.807) is 18.1 Å². The summed E-state index contributed by atoms with van der Waals surface area (Å²) in [6.07, 6.45) is 1.61. The lowest BCUT2D eigenvalue weighted by atomic mass is 10.2. The van der Waals surface area contributed by atoms with Crippen LogP contribution in [-0.2, 0) is 11.3 Å². The van der Waals surface area contributed by atoms with Gasteiger partial charge in [-0.3, -0.25) is 9.69 Å². The molecule has 0 aliphatic heterocycles. The maximum absolute atomic E-state index is 11.9. The zero-order chi connectivity index (χ0) is 14.1. The zero-order valence-corrected chi connectivity index (χ0v) is 12.1. The molecule has 2 heterocycles. The Morgan fingerprint density at radius 2 is 2.20 bits per heavy atom. The summed E-state index contributed by atoms with van der Waals surface area (Å²) in [5.41, 5.74) is 2.07. The number of fused-ring (bicyclic) bond motifs is 1. The number of aryl methyl sites for hydroxylation is 1. The number of benzene rings is 1. The maximum atomic E-state index is 11.9. The van der Waals surface area contributed by atoms with Gasteiger partial charge in [0.25, 0.3) is 0 Å². The van der Waals surface area contributed by atoms with Crippen molar-refractivity contribution in [2.24, 2.45) is 0 Å². The van der Waals surface area contributed by atoms with Crippen LogP contribution in [0, 0.1) is 6.92 Å². The molecule has 4 nitrogen and oxygen atoms in total. The molecule has 0 radical (unpaired) electrons. The first-order valence-corrected chi connectivity index (χ1v) is 7.13. The number of carbonyl (C=O) groups is 1. The van der Waals surface area contributed by atoms with E-state index in [-0.39, 0.29) is 5.91 Å². The average molecular weight is 286 g/mol. The van der Waals surface area contributed by atoms with E-state index < -0.39 is 0 Å². The highest BCUT2D eigenvalue weighted by Crippen LogP contribution is 2.31. The highest BCUT2D eigenvalue weighted by atomic mass is 32.1. The smallest absolute Gasteiger partial charge is 0.226 e. The Morgan fingerprint density at radius 3 is 2.85 bits per heavy atom. The van der Waals surface area contributed by atoms with Crippen molar-refractivity contribution in [3.63, 3.8) is 0 Å². The third kappa shape index (κ3) is 2.32. The normalized spacial score (nSPS) is 10.9. The minimum Gasteiger partial charge on any atom is -0.467 e. The van der Waals surface area contributed by atoms with Crippen LogP contribution in [0.25, 0.3) is 10.2 Å². The van der Waals surface area contributed by atoms with Crippen LogP contribution >= 0.6 is 11.3 Å². The minimum atomic E-state index is -0.0434. The van der Waals surface area contributed by atoms with Crippen LogP contribution in [-0.4, -0.2) is 10.9 Å². The van der Waals surface area contributed by atoms with E-state index in [0.717, 1.165) is 21.5 Å². The SMILES string of the molecule is CC(=O)N(Cc1ccco1)c1nc2c(C)cccc2s1. The molecule has 0 unspecified atom stereocenters. The summed E-state index contributed by atoms with van der Waals surface area (Å²) in [5, 5.41) is 0.707. The molecule has 0 bridgehead atoms. The first-order chi connectivity index (χ1) is 9.65. The number of hydrogen-bond acceptors (Lipinski definition) is 4. The van der Waals surface area contributed by atoms with Crippen LogP contribution in [0.5, 0.6) is 0 Å². The van der Waals surface area contributed by atoms with Crippen molar-refractivity contribution in [2.75, 3.05) is 4.90 Å². The van der Waals surface area contributed by atoms with E-state index in [1.807, 2.05) is 37.3 Å². The third-order valence-corrected chi connectivity index (χ3v) is 4.16. The number of hydrogen-bond donors (Lipinski definition) is 0. The molecule has 0 spiro atoms. The number of carbonyl (C=O) groups excluding carboxylic acids is 1. The molecule has 0 aliphatic rings. The van der Waals surface area contributed by atoms with Crippen molar-refractivity contribution >= 4 is 32.6 Å². The maximum Gasteiger partial charge on any atom is 0.226 e. The molecule has 1 amide bonds. The first kappa shape index (κ1) is 12.9. The summed E-state index contributed by atoms with van der Waals surface area (Å²) < 4.78 is 6.41. The van der Waals surface area contributed by atoms with Gasteiger partial charge in [-0.2, -0.15) is 0 Å². The Hall–Kier alpha value is -2.14. The van der Waals surface area contributed by atoms with Gasteiger partial charge in [-0.15, -0.1) is 0 Å². The number of amides is 1. The van der Waals surface area contributed by atoms with Gasteiger partial charge in [0.2, 0.25) is 5.91 Å². The highest BCUT2D eigenvalue weighted by Gasteiger charge is 2.18. The fourth-order valence-electron chi connectivity index (χ4n) is 2.06. The Kier molecular flexibility index (Phi) is 3.28. The molecule has 102 valence electrons. The van der Waals surface area contributed by atoms with Crippen molar-refractivity contribution < 1.29 is 9.21 Å². The standard InChI is InChI=1S/C15H14N2O2S/c1-10-5-3-7-13-14(10)16-15(20-13)17(11(2)18)9-12-6-4-8-19-12/h3-8H,9H2,1-2H3. The van der Waals surface area contributed by atoms with Crippen LogP contribution in [0.1, 0.15) is 18.2 Å². The predicted molar refractivity (Wildman–Crippen MR) is 79.9 cm³/mol. The van der Waals surface area contributed by atoms with Gasteiger partial charge in [0.05, 0.1) is 23.0 Å². The second kappa shape index (κ2) is 5.09. The van der Waals surface area contributed by atoms with Crippen LogP contribution < -0.4 is 4.90 Å². The van der Waals surface area contributed by atoms with Crippen LogP contribution in [0.15, 0.2) is 41.0 Å². The second-order valence-corrected chi connectivity index (χ2v) is 5.61. The number of furan rings is 1. The Labute approximate surface area is 120 Å². The number of para-hydroxylation sites is 1. The molecule has 0 saturated heterocycles. The molecule has 20 heavy (non-hydrogen) atoms. The number of thiazole rings is 1. The van der Waals surface area contributed by atoms with Gasteiger partial charge < -0.3 is 4.42 Å². The number of nitrogens with zero attached hydrogens (tertiary/aromatic N) is 2. The Morgan fingerprint density at radius 1 is 1.35 bits per heavy atom. The van der Waals surface area contributed by atoms with E-state index in [4.69, 9.17) is 4.42 Å². The van der Waals surface area contributed by atoms with Crippen molar-refractivity contribution in [1.29, 1.82) is 0 Å². The van der Waals surface area contributed by atoms with Crippen molar-refractivity contribution in [2.45, 2.75) is 20.4 Å². The monoisotopic (exact) mass is 286 g/mol. The summed E-state index contributed by atoms with van der Waals surface area (Å²) in [7, 11) is 0. The summed E-state index contributed by atoms with van der Waals surface area (Å²) in [6.45, 7) is 3.97. The van der Waals surface area contributed by atoms with Crippen molar-refractivity contribution in [3.8, 4) is 0 Å². The minimum absolute atomic E-state index is 0.0434. The molecular formula is C15H14N2O2S. The van der Waals surface area contributed by atoms with E-state index in [1.165, 1.54) is 11.3 Å². The largest absolute Gasteiger partial charge is 0.467 e. The molecule has 1 aromatic carbocycles. The quantitative estimate of drug-likeness (QED) is 0.736. The molecule has 5 heteroatoms. The second-order valence-electron chi connectivity index (χ2n) is 4.60. The molecular weight excluding hydrogens is 272 g/mol. The summed E-state index contributed by atoms with van der Waals surface area (Å²) >= 11 is 1.52. The fourth-order valence-corrected chi connectivity index (χ4v) is 3.15. The Balaban J connectivity index is 2.01. The molecule has 2 aromatic heterocycles. The fraction of sp³-hybridized carbons (Fsp3) is 0.200. The topological polar surface area (TPSA) is 46.3 Å². The molecule has 0 fully saturated rings. The van der Waals surface area contributed by atoms with Crippen LogP contribution in [0.4, 0.5) is 5.13 Å². The number of rotatable bonds is 3. The number of anilines is 1. The number of aromatic nitrogens is 1. The van der Waals surface area contributed by atoms with Crippen LogP contribution in [0.2, 0.25) is 0 Å². The molecule has 3 rings (SSSR count). The lowest BCUT2D eigenvalue weighted by Crippen LogP contribution is -2.27. The molecule has 0 atom stereocenters. The molecule has 0 aliphatic carbocycles. The third-order valence-electron chi connectivity index (χ3n) is 3.11. The Bertz CT molecular complexity index is 746. The van der Waals surface area contributed by atoms with Gasteiger partial charge in [-0.05, 0) is 30.7 Å². The zero-order valence-electron chi connectivity index (χ0n) is 11.3. The van der Waals surface area contributed by atoms with E-state index >= 15 is 0 Å². The van der Waals surface area contributed by atoms with Gasteiger partial charge in [-0.1, -0.05) is 23.5 Å². The average Bonchev–Trinajstić information content (AvgIpc) is 3.05. The van der Waals surface area contributed by atoms with Crippen molar-refractivity contribution in [3.05, 3.63) is 47.9 Å². The molecule has 0 N–H and O–H groups in total. The van der Waals surface area contributed by atoms with Gasteiger partial charge >= 0.3 is 0 Å². The van der Waals surface area contributed by atoms with Crippen molar-refractivity contribution in [1.82, 2.24) is 4.98 Å². The van der Waals surface area contributed by atoms with E-state index in [9.17, 15) is 4.79 Å². The summed E-state index contributed by atoms with van der Waals surface area (Å²) in [5.74, 6) is 0.703. The summed E-state index contributed by atoms with van der Waals surface area (Å²) in [4.78, 5) is 18.1. The van der Waals surface area contributed by atoms with Gasteiger partial charge in [-0.25, -0.2) is 4.98 Å². The summed E-state index contributed by atoms with van der Waals surface area (Å²) in [6, 6.07) is 9.72. The van der Waals surface area contributed by atoms with Gasteiger partial charge in [0.1, 0.15) is 5.76 Å². The van der Waals surface area contributed by atoms with Gasteiger partial charge in [0.15, 0.2) is 5.13 Å². The van der Waals surface area contributed by atoms with E-state index in [2.05, 4.69) is 4.98 Å². The van der Waals surface area contributed by atoms with Gasteiger partial charge in [0, 0.05) is 6.92 Å². The first-order valence-electron chi connectivity index (χ1n) is 6.32. The highest BCUT2D eigenvalue weighted by molar-refractivity contribution is 7.22. The predicted octanol–water partition coefficient (Wildman–Crippen LogP) is 3.75. The van der Waals surface area contributed by atoms with Crippen LogP contribution in [0.3, 0.4) is 0 Å². The lowest BCUT2D eigenvalue weighted by Gasteiger charge is -2.15. The molecule has 3 aromatic rings.